The normalized spacial score (nSPS) is 15.3. The lowest BCUT2D eigenvalue weighted by Gasteiger charge is -2.16. The van der Waals surface area contributed by atoms with E-state index in [1.165, 1.54) is 4.31 Å². The highest BCUT2D eigenvalue weighted by Crippen LogP contribution is 2.29. The van der Waals surface area contributed by atoms with Crippen molar-refractivity contribution in [3.63, 3.8) is 0 Å². The average molecular weight is 390 g/mol. The lowest BCUT2D eigenvalue weighted by atomic mass is 10.1. The number of sulfonamides is 1. The number of amides is 1. The second kappa shape index (κ2) is 7.48. The molecule has 0 aliphatic carbocycles. The molecule has 1 aliphatic rings. The molecule has 2 heterocycles. The number of aryl methyl sites for hydroxylation is 3. The highest BCUT2D eigenvalue weighted by Gasteiger charge is 2.33. The van der Waals surface area contributed by atoms with Gasteiger partial charge >= 0.3 is 0 Å². The highest BCUT2D eigenvalue weighted by molar-refractivity contribution is 7.89. The Morgan fingerprint density at radius 1 is 1.19 bits per heavy atom. The number of carbonyl (C=O) groups excluding carboxylic acids is 1. The highest BCUT2D eigenvalue weighted by atomic mass is 32.2. The van der Waals surface area contributed by atoms with Crippen LogP contribution in [0.2, 0.25) is 0 Å². The monoisotopic (exact) mass is 389 g/mol. The number of aromatic amines is 1. The molecule has 1 aromatic heterocycles. The maximum atomic E-state index is 13.0. The number of carbonyl (C=O) groups is 1. The van der Waals surface area contributed by atoms with Gasteiger partial charge in [-0.2, -0.15) is 4.31 Å². The van der Waals surface area contributed by atoms with E-state index in [0.29, 0.717) is 30.0 Å². The van der Waals surface area contributed by atoms with Crippen molar-refractivity contribution in [3.8, 4) is 0 Å². The fourth-order valence-electron chi connectivity index (χ4n) is 3.78. The zero-order valence-corrected chi connectivity index (χ0v) is 17.2. The SMILES string of the molecule is CCc1cccc(C)c1NC(=O)c1[nH]c(C)c(S(=O)(=O)N2CCCC2)c1C. The molecular formula is C20H27N3O3S. The van der Waals surface area contributed by atoms with Gasteiger partial charge in [-0.3, -0.25) is 4.79 Å². The van der Waals surface area contributed by atoms with Gasteiger partial charge in [-0.1, -0.05) is 25.1 Å². The summed E-state index contributed by atoms with van der Waals surface area (Å²) in [5.74, 6) is -0.317. The predicted octanol–water partition coefficient (Wildman–Crippen LogP) is 3.54. The lowest BCUT2D eigenvalue weighted by molar-refractivity contribution is 0.102. The first-order valence-electron chi connectivity index (χ1n) is 9.36. The number of nitrogens with one attached hydrogen (secondary N) is 2. The number of hydrogen-bond acceptors (Lipinski definition) is 3. The molecule has 1 aromatic carbocycles. The van der Waals surface area contributed by atoms with E-state index in [4.69, 9.17) is 0 Å². The van der Waals surface area contributed by atoms with Crippen molar-refractivity contribution in [2.24, 2.45) is 0 Å². The summed E-state index contributed by atoms with van der Waals surface area (Å²) < 4.78 is 27.5. The predicted molar refractivity (Wildman–Crippen MR) is 107 cm³/mol. The van der Waals surface area contributed by atoms with Gasteiger partial charge in [-0.25, -0.2) is 8.42 Å². The van der Waals surface area contributed by atoms with Crippen LogP contribution < -0.4 is 5.32 Å². The number of rotatable bonds is 5. The third-order valence-electron chi connectivity index (χ3n) is 5.24. The van der Waals surface area contributed by atoms with E-state index in [-0.39, 0.29) is 10.8 Å². The molecule has 0 bridgehead atoms. The Morgan fingerprint density at radius 3 is 2.48 bits per heavy atom. The number of hydrogen-bond donors (Lipinski definition) is 2. The first-order valence-corrected chi connectivity index (χ1v) is 10.8. The molecule has 0 radical (unpaired) electrons. The molecular weight excluding hydrogens is 362 g/mol. The van der Waals surface area contributed by atoms with Crippen molar-refractivity contribution in [2.45, 2.75) is 51.9 Å². The van der Waals surface area contributed by atoms with Crippen molar-refractivity contribution in [1.82, 2.24) is 9.29 Å². The molecule has 2 aromatic rings. The van der Waals surface area contributed by atoms with E-state index in [0.717, 1.165) is 36.1 Å². The van der Waals surface area contributed by atoms with Crippen molar-refractivity contribution in [3.05, 3.63) is 46.3 Å². The zero-order chi connectivity index (χ0) is 19.8. The standard InChI is InChI=1S/C20H27N3O3S/c1-5-16-10-8-9-13(2)17(16)22-20(24)18-14(3)19(15(4)21-18)27(25,26)23-11-6-7-12-23/h8-10,21H,5-7,11-12H2,1-4H3,(H,22,24). The summed E-state index contributed by atoms with van der Waals surface area (Å²) in [6.45, 7) is 8.46. The Kier molecular flexibility index (Phi) is 5.44. The van der Waals surface area contributed by atoms with Crippen LogP contribution in [-0.4, -0.2) is 36.7 Å². The van der Waals surface area contributed by atoms with E-state index in [1.54, 1.807) is 13.8 Å². The van der Waals surface area contributed by atoms with Crippen molar-refractivity contribution in [1.29, 1.82) is 0 Å². The van der Waals surface area contributed by atoms with Gasteiger partial charge in [-0.05, 0) is 56.7 Å². The number of benzene rings is 1. The minimum atomic E-state index is -3.58. The van der Waals surface area contributed by atoms with Crippen LogP contribution in [0.3, 0.4) is 0 Å². The molecule has 1 saturated heterocycles. The van der Waals surface area contributed by atoms with E-state index in [9.17, 15) is 13.2 Å². The molecule has 7 heteroatoms. The maximum Gasteiger partial charge on any atom is 0.272 e. The zero-order valence-electron chi connectivity index (χ0n) is 16.3. The Balaban J connectivity index is 1.96. The molecule has 6 nitrogen and oxygen atoms in total. The summed E-state index contributed by atoms with van der Waals surface area (Å²) in [4.78, 5) is 16.2. The van der Waals surface area contributed by atoms with E-state index in [1.807, 2.05) is 32.0 Å². The Bertz CT molecular complexity index is 971. The van der Waals surface area contributed by atoms with Crippen LogP contribution in [-0.2, 0) is 16.4 Å². The number of para-hydroxylation sites is 1. The summed E-state index contributed by atoms with van der Waals surface area (Å²) in [5.41, 5.74) is 4.10. The molecule has 0 spiro atoms. The van der Waals surface area contributed by atoms with Crippen LogP contribution in [0, 0.1) is 20.8 Å². The van der Waals surface area contributed by atoms with Crippen LogP contribution in [0.1, 0.15) is 52.6 Å². The molecule has 2 N–H and O–H groups in total. The smallest absolute Gasteiger partial charge is 0.272 e. The van der Waals surface area contributed by atoms with Gasteiger partial charge in [0.05, 0.1) is 0 Å². The van der Waals surface area contributed by atoms with Crippen molar-refractivity contribution >= 4 is 21.6 Å². The van der Waals surface area contributed by atoms with Gasteiger partial charge in [0.2, 0.25) is 10.0 Å². The summed E-state index contributed by atoms with van der Waals surface area (Å²) in [6.07, 6.45) is 2.55. The van der Waals surface area contributed by atoms with Crippen molar-refractivity contribution < 1.29 is 13.2 Å². The van der Waals surface area contributed by atoms with Crippen LogP contribution in [0.5, 0.6) is 0 Å². The van der Waals surface area contributed by atoms with E-state index < -0.39 is 10.0 Å². The molecule has 146 valence electrons. The fraction of sp³-hybridized carbons (Fsp3) is 0.450. The maximum absolute atomic E-state index is 13.0. The van der Waals surface area contributed by atoms with E-state index >= 15 is 0 Å². The van der Waals surface area contributed by atoms with Gasteiger partial charge in [0.15, 0.2) is 0 Å². The second-order valence-corrected chi connectivity index (χ2v) is 8.98. The van der Waals surface area contributed by atoms with E-state index in [2.05, 4.69) is 10.3 Å². The second-order valence-electron chi connectivity index (χ2n) is 7.11. The van der Waals surface area contributed by atoms with Crippen LogP contribution in [0.15, 0.2) is 23.1 Å². The number of H-pyrrole nitrogens is 1. The largest absolute Gasteiger partial charge is 0.353 e. The van der Waals surface area contributed by atoms with Crippen LogP contribution >= 0.6 is 0 Å². The van der Waals surface area contributed by atoms with Gasteiger partial charge in [0.1, 0.15) is 10.6 Å². The summed E-state index contributed by atoms with van der Waals surface area (Å²) >= 11 is 0. The van der Waals surface area contributed by atoms with Gasteiger partial charge in [-0.15, -0.1) is 0 Å². The minimum absolute atomic E-state index is 0.232. The van der Waals surface area contributed by atoms with Gasteiger partial charge < -0.3 is 10.3 Å². The number of anilines is 1. The summed E-state index contributed by atoms with van der Waals surface area (Å²) in [7, 11) is -3.58. The fourth-order valence-corrected chi connectivity index (χ4v) is 5.71. The average Bonchev–Trinajstić information content (AvgIpc) is 3.25. The molecule has 0 unspecified atom stereocenters. The molecule has 1 aliphatic heterocycles. The Labute approximate surface area is 161 Å². The topological polar surface area (TPSA) is 82.3 Å². The minimum Gasteiger partial charge on any atom is -0.353 e. The molecule has 1 amide bonds. The molecule has 3 rings (SSSR count). The summed E-state index contributed by atoms with van der Waals surface area (Å²) in [6, 6.07) is 5.90. The molecule has 0 saturated carbocycles. The van der Waals surface area contributed by atoms with Crippen molar-refractivity contribution in [2.75, 3.05) is 18.4 Å². The molecule has 1 fully saturated rings. The summed E-state index contributed by atoms with van der Waals surface area (Å²) in [5, 5.41) is 2.97. The first kappa shape index (κ1) is 19.6. The Morgan fingerprint density at radius 2 is 1.85 bits per heavy atom. The Hall–Kier alpha value is -2.12. The van der Waals surface area contributed by atoms with Gasteiger partial charge in [0, 0.05) is 24.5 Å². The first-order chi connectivity index (χ1) is 12.8. The quantitative estimate of drug-likeness (QED) is 0.820. The van der Waals surface area contributed by atoms with Crippen LogP contribution in [0.4, 0.5) is 5.69 Å². The van der Waals surface area contributed by atoms with Gasteiger partial charge in [0.25, 0.3) is 5.91 Å². The third-order valence-corrected chi connectivity index (χ3v) is 7.41. The lowest BCUT2D eigenvalue weighted by Crippen LogP contribution is -2.28. The third kappa shape index (κ3) is 3.53. The molecule has 0 atom stereocenters. The number of nitrogens with zero attached hydrogens (tertiary/aromatic N) is 1. The number of aromatic nitrogens is 1. The van der Waals surface area contributed by atoms with Crippen LogP contribution in [0.25, 0.3) is 0 Å². The molecule has 27 heavy (non-hydrogen) atoms.